The lowest BCUT2D eigenvalue weighted by Gasteiger charge is -2.03. The van der Waals surface area contributed by atoms with Gasteiger partial charge in [-0.25, -0.2) is 4.98 Å². The van der Waals surface area contributed by atoms with Crippen molar-refractivity contribution < 1.29 is 4.74 Å². The van der Waals surface area contributed by atoms with Crippen molar-refractivity contribution in [3.8, 4) is 11.8 Å². The van der Waals surface area contributed by atoms with E-state index in [1.165, 1.54) is 0 Å². The van der Waals surface area contributed by atoms with Gasteiger partial charge in [0, 0.05) is 0 Å². The summed E-state index contributed by atoms with van der Waals surface area (Å²) in [5.74, 6) is 0.809. The van der Waals surface area contributed by atoms with Crippen molar-refractivity contribution in [1.82, 2.24) is 4.98 Å². The molecule has 0 saturated heterocycles. The van der Waals surface area contributed by atoms with E-state index in [1.54, 1.807) is 12.1 Å². The molecule has 4 heteroatoms. The Morgan fingerprint density at radius 3 is 3.00 bits per heavy atom. The molecule has 1 rings (SSSR count). The van der Waals surface area contributed by atoms with Crippen LogP contribution >= 0.6 is 0 Å². The van der Waals surface area contributed by atoms with Gasteiger partial charge in [-0.05, 0) is 19.1 Å². The molecule has 0 atom stereocenters. The largest absolute Gasteiger partial charge is 0.491 e. The molecule has 0 bridgehead atoms. The Hall–Kier alpha value is -1.76. The number of nitrogens with two attached hydrogens (primary N) is 1. The molecular formula is C8H9N3O. The predicted octanol–water partition coefficient (Wildman–Crippen LogP) is 0.934. The van der Waals surface area contributed by atoms with Crippen LogP contribution in [0.1, 0.15) is 12.6 Å². The van der Waals surface area contributed by atoms with Crippen LogP contribution in [-0.4, -0.2) is 11.6 Å². The lowest BCUT2D eigenvalue weighted by atomic mass is 10.3. The van der Waals surface area contributed by atoms with E-state index >= 15 is 0 Å². The maximum atomic E-state index is 8.62. The van der Waals surface area contributed by atoms with Gasteiger partial charge in [-0.3, -0.25) is 0 Å². The van der Waals surface area contributed by atoms with E-state index in [2.05, 4.69) is 4.98 Å². The van der Waals surface area contributed by atoms with E-state index in [9.17, 15) is 0 Å². The summed E-state index contributed by atoms with van der Waals surface area (Å²) in [6.45, 7) is 2.36. The number of hydrogen-bond acceptors (Lipinski definition) is 4. The summed E-state index contributed by atoms with van der Waals surface area (Å²) in [4.78, 5) is 3.80. The number of ether oxygens (including phenoxy) is 1. The monoisotopic (exact) mass is 163 g/mol. The summed E-state index contributed by atoms with van der Waals surface area (Å²) in [5.41, 5.74) is 5.61. The standard InChI is InChI=1S/C8H9N3O/c1-2-12-7-3-4-8(10)11-6(7)5-9/h3-4H,2H2,1H3,(H2,10,11). The SMILES string of the molecule is CCOc1ccc(N)nc1C#N. The smallest absolute Gasteiger partial charge is 0.184 e. The van der Waals surface area contributed by atoms with E-state index in [0.29, 0.717) is 18.2 Å². The van der Waals surface area contributed by atoms with Gasteiger partial charge in [-0.15, -0.1) is 0 Å². The molecule has 0 aliphatic rings. The number of anilines is 1. The average molecular weight is 163 g/mol. The van der Waals surface area contributed by atoms with E-state index in [4.69, 9.17) is 15.7 Å². The number of nitriles is 1. The highest BCUT2D eigenvalue weighted by Crippen LogP contribution is 2.16. The first-order valence-electron chi connectivity index (χ1n) is 3.57. The van der Waals surface area contributed by atoms with Crippen LogP contribution in [0.4, 0.5) is 5.82 Å². The fourth-order valence-electron chi connectivity index (χ4n) is 0.814. The quantitative estimate of drug-likeness (QED) is 0.704. The summed E-state index contributed by atoms with van der Waals surface area (Å²) in [6.07, 6.45) is 0. The minimum absolute atomic E-state index is 0.233. The van der Waals surface area contributed by atoms with Crippen LogP contribution in [0.15, 0.2) is 12.1 Å². The highest BCUT2D eigenvalue weighted by atomic mass is 16.5. The second kappa shape index (κ2) is 3.58. The van der Waals surface area contributed by atoms with Crippen molar-refractivity contribution in [3.05, 3.63) is 17.8 Å². The summed E-state index contributed by atoms with van der Waals surface area (Å²) in [6, 6.07) is 5.15. The van der Waals surface area contributed by atoms with Gasteiger partial charge >= 0.3 is 0 Å². The second-order valence-corrected chi connectivity index (χ2v) is 2.13. The molecule has 0 aliphatic carbocycles. The van der Waals surface area contributed by atoms with Crippen LogP contribution in [0, 0.1) is 11.3 Å². The fourth-order valence-corrected chi connectivity index (χ4v) is 0.814. The molecule has 1 heterocycles. The highest BCUT2D eigenvalue weighted by Gasteiger charge is 2.03. The van der Waals surface area contributed by atoms with Crippen LogP contribution in [-0.2, 0) is 0 Å². The van der Waals surface area contributed by atoms with E-state index in [1.807, 2.05) is 13.0 Å². The number of nitrogens with zero attached hydrogens (tertiary/aromatic N) is 2. The summed E-state index contributed by atoms with van der Waals surface area (Å²) >= 11 is 0. The molecule has 0 aliphatic heterocycles. The van der Waals surface area contributed by atoms with E-state index in [-0.39, 0.29) is 5.69 Å². The van der Waals surface area contributed by atoms with Crippen LogP contribution in [0.3, 0.4) is 0 Å². The van der Waals surface area contributed by atoms with Crippen molar-refractivity contribution in [2.45, 2.75) is 6.92 Å². The first-order valence-corrected chi connectivity index (χ1v) is 3.57. The third kappa shape index (κ3) is 1.64. The molecule has 1 aromatic rings. The molecule has 4 nitrogen and oxygen atoms in total. The maximum Gasteiger partial charge on any atom is 0.184 e. The molecule has 0 fully saturated rings. The van der Waals surface area contributed by atoms with Gasteiger partial charge in [0.15, 0.2) is 11.4 Å². The first kappa shape index (κ1) is 8.34. The van der Waals surface area contributed by atoms with Gasteiger partial charge in [-0.2, -0.15) is 5.26 Å². The number of nitrogen functional groups attached to an aromatic ring is 1. The molecular weight excluding hydrogens is 154 g/mol. The molecule has 12 heavy (non-hydrogen) atoms. The number of rotatable bonds is 2. The third-order valence-corrected chi connectivity index (χ3v) is 1.29. The van der Waals surface area contributed by atoms with Crippen LogP contribution < -0.4 is 10.5 Å². The van der Waals surface area contributed by atoms with Crippen molar-refractivity contribution >= 4 is 5.82 Å². The van der Waals surface area contributed by atoms with Gasteiger partial charge in [0.2, 0.25) is 0 Å². The zero-order valence-corrected chi connectivity index (χ0v) is 6.74. The Labute approximate surface area is 70.6 Å². The Balaban J connectivity index is 3.05. The first-order chi connectivity index (χ1) is 5.77. The van der Waals surface area contributed by atoms with Crippen LogP contribution in [0.25, 0.3) is 0 Å². The van der Waals surface area contributed by atoms with Crippen LogP contribution in [0.2, 0.25) is 0 Å². The zero-order valence-electron chi connectivity index (χ0n) is 6.74. The molecule has 0 amide bonds. The van der Waals surface area contributed by atoms with Crippen molar-refractivity contribution in [2.24, 2.45) is 0 Å². The summed E-state index contributed by atoms with van der Waals surface area (Å²) < 4.78 is 5.14. The Kier molecular flexibility index (Phi) is 2.49. The minimum Gasteiger partial charge on any atom is -0.491 e. The summed E-state index contributed by atoms with van der Waals surface area (Å²) in [7, 11) is 0. The molecule has 0 spiro atoms. The van der Waals surface area contributed by atoms with Gasteiger partial charge < -0.3 is 10.5 Å². The van der Waals surface area contributed by atoms with Crippen LogP contribution in [0.5, 0.6) is 5.75 Å². The molecule has 2 N–H and O–H groups in total. The van der Waals surface area contributed by atoms with Gasteiger partial charge in [0.1, 0.15) is 11.9 Å². The Bertz CT molecular complexity index is 317. The second-order valence-electron chi connectivity index (χ2n) is 2.13. The molecule has 0 radical (unpaired) electrons. The zero-order chi connectivity index (χ0) is 8.97. The normalized spacial score (nSPS) is 9.00. The Morgan fingerprint density at radius 1 is 1.67 bits per heavy atom. The molecule has 0 aromatic carbocycles. The number of pyridine rings is 1. The van der Waals surface area contributed by atoms with E-state index in [0.717, 1.165) is 0 Å². The van der Waals surface area contributed by atoms with Crippen molar-refractivity contribution in [2.75, 3.05) is 12.3 Å². The number of aromatic nitrogens is 1. The van der Waals surface area contributed by atoms with E-state index < -0.39 is 0 Å². The molecule has 0 saturated carbocycles. The number of hydrogen-bond donors (Lipinski definition) is 1. The highest BCUT2D eigenvalue weighted by molar-refractivity contribution is 5.43. The van der Waals surface area contributed by atoms with Gasteiger partial charge in [0.05, 0.1) is 6.61 Å². The third-order valence-electron chi connectivity index (χ3n) is 1.29. The van der Waals surface area contributed by atoms with Gasteiger partial charge in [-0.1, -0.05) is 0 Å². The summed E-state index contributed by atoms with van der Waals surface area (Å²) in [5, 5.41) is 8.62. The molecule has 1 aromatic heterocycles. The lowest BCUT2D eigenvalue weighted by molar-refractivity contribution is 0.338. The fraction of sp³-hybridized carbons (Fsp3) is 0.250. The predicted molar refractivity (Wildman–Crippen MR) is 44.5 cm³/mol. The van der Waals surface area contributed by atoms with Crippen molar-refractivity contribution in [1.29, 1.82) is 5.26 Å². The Morgan fingerprint density at radius 2 is 2.42 bits per heavy atom. The molecule has 0 unspecified atom stereocenters. The maximum absolute atomic E-state index is 8.62. The topological polar surface area (TPSA) is 71.9 Å². The minimum atomic E-state index is 0.233. The van der Waals surface area contributed by atoms with Gasteiger partial charge in [0.25, 0.3) is 0 Å². The van der Waals surface area contributed by atoms with Crippen molar-refractivity contribution in [3.63, 3.8) is 0 Å². The lowest BCUT2D eigenvalue weighted by Crippen LogP contribution is -1.98. The molecule has 62 valence electrons. The average Bonchev–Trinajstić information content (AvgIpc) is 2.08.